The molecule has 1 aromatic rings. The lowest BCUT2D eigenvalue weighted by Crippen LogP contribution is -2.37. The van der Waals surface area contributed by atoms with Gasteiger partial charge < -0.3 is 14.8 Å². The SMILES string of the molecule is Cc1ccc(/C=C/C(=O)NC2CCC(O)CC2)o1. The van der Waals surface area contributed by atoms with Crippen molar-refractivity contribution >= 4 is 12.0 Å². The molecule has 1 amide bonds. The van der Waals surface area contributed by atoms with Crippen LogP contribution in [0.5, 0.6) is 0 Å². The Morgan fingerprint density at radius 1 is 1.39 bits per heavy atom. The maximum Gasteiger partial charge on any atom is 0.244 e. The molecular formula is C14H19NO3. The minimum atomic E-state index is -0.195. The molecule has 0 aromatic carbocycles. The summed E-state index contributed by atoms with van der Waals surface area (Å²) < 4.78 is 5.34. The Hall–Kier alpha value is -1.55. The number of amides is 1. The molecule has 0 saturated heterocycles. The maximum atomic E-state index is 11.7. The Morgan fingerprint density at radius 2 is 2.11 bits per heavy atom. The van der Waals surface area contributed by atoms with Crippen LogP contribution < -0.4 is 5.32 Å². The predicted molar refractivity (Wildman–Crippen MR) is 68.9 cm³/mol. The number of aliphatic hydroxyl groups is 1. The third kappa shape index (κ3) is 3.74. The first-order valence-corrected chi connectivity index (χ1v) is 6.36. The summed E-state index contributed by atoms with van der Waals surface area (Å²) in [7, 11) is 0. The molecule has 1 aliphatic carbocycles. The van der Waals surface area contributed by atoms with E-state index in [1.54, 1.807) is 6.08 Å². The van der Waals surface area contributed by atoms with Crippen LogP contribution in [0.25, 0.3) is 6.08 Å². The van der Waals surface area contributed by atoms with E-state index >= 15 is 0 Å². The molecular weight excluding hydrogens is 230 g/mol. The van der Waals surface area contributed by atoms with E-state index in [0.29, 0.717) is 5.76 Å². The minimum Gasteiger partial charge on any atom is -0.462 e. The van der Waals surface area contributed by atoms with Crippen molar-refractivity contribution in [2.75, 3.05) is 0 Å². The molecule has 1 aromatic heterocycles. The molecule has 0 aliphatic heterocycles. The van der Waals surface area contributed by atoms with Gasteiger partial charge >= 0.3 is 0 Å². The zero-order chi connectivity index (χ0) is 13.0. The zero-order valence-electron chi connectivity index (χ0n) is 10.6. The molecule has 1 heterocycles. The topological polar surface area (TPSA) is 62.5 Å². The normalized spacial score (nSPS) is 24.3. The van der Waals surface area contributed by atoms with Gasteiger partial charge in [-0.15, -0.1) is 0 Å². The Bertz CT molecular complexity index is 428. The van der Waals surface area contributed by atoms with Gasteiger partial charge in [0.15, 0.2) is 0 Å². The Morgan fingerprint density at radius 3 is 2.72 bits per heavy atom. The maximum absolute atomic E-state index is 11.7. The predicted octanol–water partition coefficient (Wildman–Crippen LogP) is 2.02. The molecule has 1 fully saturated rings. The molecule has 0 spiro atoms. The van der Waals surface area contributed by atoms with E-state index in [2.05, 4.69) is 5.32 Å². The van der Waals surface area contributed by atoms with Crippen LogP contribution in [-0.2, 0) is 4.79 Å². The second-order valence-corrected chi connectivity index (χ2v) is 4.80. The number of aliphatic hydroxyl groups excluding tert-OH is 1. The molecule has 1 aliphatic rings. The first kappa shape index (κ1) is 12.9. The van der Waals surface area contributed by atoms with Gasteiger partial charge in [0.1, 0.15) is 11.5 Å². The molecule has 4 nitrogen and oxygen atoms in total. The number of hydrogen-bond acceptors (Lipinski definition) is 3. The highest BCUT2D eigenvalue weighted by Crippen LogP contribution is 2.18. The summed E-state index contributed by atoms with van der Waals surface area (Å²) in [5.41, 5.74) is 0. The van der Waals surface area contributed by atoms with Crippen LogP contribution in [-0.4, -0.2) is 23.2 Å². The third-order valence-electron chi connectivity index (χ3n) is 3.20. The molecule has 2 rings (SSSR count). The van der Waals surface area contributed by atoms with Crippen molar-refractivity contribution in [3.63, 3.8) is 0 Å². The standard InChI is InChI=1S/C14H19NO3/c1-10-2-7-13(18-10)8-9-14(17)15-11-3-5-12(16)6-4-11/h2,7-9,11-12,16H,3-6H2,1H3,(H,15,17)/b9-8+. The van der Waals surface area contributed by atoms with Gasteiger partial charge in [-0.3, -0.25) is 4.79 Å². The fraction of sp³-hybridized carbons (Fsp3) is 0.500. The summed E-state index contributed by atoms with van der Waals surface area (Å²) in [6.45, 7) is 1.87. The number of aryl methyl sites for hydroxylation is 1. The van der Waals surface area contributed by atoms with Crippen LogP contribution in [0.3, 0.4) is 0 Å². The monoisotopic (exact) mass is 249 g/mol. The zero-order valence-corrected chi connectivity index (χ0v) is 10.6. The average molecular weight is 249 g/mol. The Kier molecular flexibility index (Phi) is 4.20. The highest BCUT2D eigenvalue weighted by Gasteiger charge is 2.19. The van der Waals surface area contributed by atoms with E-state index in [1.807, 2.05) is 19.1 Å². The summed E-state index contributed by atoms with van der Waals surface area (Å²) in [5.74, 6) is 1.41. The fourth-order valence-electron chi connectivity index (χ4n) is 2.17. The van der Waals surface area contributed by atoms with Crippen LogP contribution in [0, 0.1) is 6.92 Å². The molecule has 0 atom stereocenters. The molecule has 98 valence electrons. The number of furan rings is 1. The fourth-order valence-corrected chi connectivity index (χ4v) is 2.17. The second-order valence-electron chi connectivity index (χ2n) is 4.80. The van der Waals surface area contributed by atoms with Crippen molar-refractivity contribution < 1.29 is 14.3 Å². The summed E-state index contributed by atoms with van der Waals surface area (Å²) in [6, 6.07) is 3.87. The first-order valence-electron chi connectivity index (χ1n) is 6.36. The summed E-state index contributed by atoms with van der Waals surface area (Å²) in [5, 5.41) is 12.3. The number of rotatable bonds is 3. The quantitative estimate of drug-likeness (QED) is 0.806. The summed E-state index contributed by atoms with van der Waals surface area (Å²) in [4.78, 5) is 11.7. The highest BCUT2D eigenvalue weighted by atomic mass is 16.3. The van der Waals surface area contributed by atoms with Crippen LogP contribution >= 0.6 is 0 Å². The van der Waals surface area contributed by atoms with Crippen molar-refractivity contribution in [1.82, 2.24) is 5.32 Å². The summed E-state index contributed by atoms with van der Waals surface area (Å²) >= 11 is 0. The number of carbonyl (C=O) groups is 1. The van der Waals surface area contributed by atoms with Gasteiger partial charge in [0.25, 0.3) is 0 Å². The van der Waals surface area contributed by atoms with Crippen molar-refractivity contribution in [3.8, 4) is 0 Å². The minimum absolute atomic E-state index is 0.106. The molecule has 0 radical (unpaired) electrons. The molecule has 1 saturated carbocycles. The van der Waals surface area contributed by atoms with Crippen LogP contribution in [0.15, 0.2) is 22.6 Å². The van der Waals surface area contributed by atoms with Crippen LogP contribution in [0.1, 0.15) is 37.2 Å². The summed E-state index contributed by atoms with van der Waals surface area (Å²) in [6.07, 6.45) is 6.20. The largest absolute Gasteiger partial charge is 0.462 e. The smallest absolute Gasteiger partial charge is 0.244 e. The third-order valence-corrected chi connectivity index (χ3v) is 3.20. The van der Waals surface area contributed by atoms with E-state index in [4.69, 9.17) is 4.42 Å². The van der Waals surface area contributed by atoms with Crippen molar-refractivity contribution in [1.29, 1.82) is 0 Å². The second kappa shape index (κ2) is 5.87. The number of hydrogen-bond donors (Lipinski definition) is 2. The number of carbonyl (C=O) groups excluding carboxylic acids is 1. The lowest BCUT2D eigenvalue weighted by molar-refractivity contribution is -0.117. The van der Waals surface area contributed by atoms with Crippen LogP contribution in [0.4, 0.5) is 0 Å². The average Bonchev–Trinajstić information content (AvgIpc) is 2.76. The van der Waals surface area contributed by atoms with Gasteiger partial charge in [-0.2, -0.15) is 0 Å². The molecule has 0 bridgehead atoms. The highest BCUT2D eigenvalue weighted by molar-refractivity contribution is 5.91. The van der Waals surface area contributed by atoms with Crippen molar-refractivity contribution in [3.05, 3.63) is 29.7 Å². The van der Waals surface area contributed by atoms with Gasteiger partial charge in [0.2, 0.25) is 5.91 Å². The van der Waals surface area contributed by atoms with Gasteiger partial charge in [0, 0.05) is 12.1 Å². The Labute approximate surface area is 107 Å². The van der Waals surface area contributed by atoms with Crippen LogP contribution in [0.2, 0.25) is 0 Å². The van der Waals surface area contributed by atoms with Gasteiger partial charge in [-0.1, -0.05) is 0 Å². The number of nitrogens with one attached hydrogen (secondary N) is 1. The lowest BCUT2D eigenvalue weighted by atomic mass is 9.93. The Balaban J connectivity index is 1.80. The van der Waals surface area contributed by atoms with Gasteiger partial charge in [-0.05, 0) is 50.8 Å². The van der Waals surface area contributed by atoms with E-state index in [0.717, 1.165) is 31.4 Å². The first-order chi connectivity index (χ1) is 8.63. The van der Waals surface area contributed by atoms with E-state index in [-0.39, 0.29) is 18.1 Å². The molecule has 2 N–H and O–H groups in total. The molecule has 4 heteroatoms. The lowest BCUT2D eigenvalue weighted by Gasteiger charge is -2.25. The van der Waals surface area contributed by atoms with E-state index in [9.17, 15) is 9.90 Å². The van der Waals surface area contributed by atoms with Gasteiger partial charge in [0.05, 0.1) is 6.10 Å². The molecule has 18 heavy (non-hydrogen) atoms. The van der Waals surface area contributed by atoms with E-state index < -0.39 is 0 Å². The van der Waals surface area contributed by atoms with Crippen molar-refractivity contribution in [2.45, 2.75) is 44.8 Å². The molecule has 0 unspecified atom stereocenters. The van der Waals surface area contributed by atoms with Crippen molar-refractivity contribution in [2.24, 2.45) is 0 Å². The van der Waals surface area contributed by atoms with Gasteiger partial charge in [-0.25, -0.2) is 0 Å². The van der Waals surface area contributed by atoms with E-state index in [1.165, 1.54) is 6.08 Å².